The Hall–Kier alpha value is -3.11. The summed E-state index contributed by atoms with van der Waals surface area (Å²) in [7, 11) is 0. The van der Waals surface area contributed by atoms with Crippen LogP contribution >= 0.6 is 0 Å². The Bertz CT molecular complexity index is 1240. The third kappa shape index (κ3) is 4.36. The molecule has 3 aromatic heterocycles. The van der Waals surface area contributed by atoms with E-state index in [2.05, 4.69) is 39.0 Å². The first-order valence-corrected chi connectivity index (χ1v) is 12.1. The third-order valence-corrected chi connectivity index (χ3v) is 7.23. The minimum Gasteiger partial charge on any atom is -0.389 e. The highest BCUT2D eigenvalue weighted by Crippen LogP contribution is 2.36. The number of anilines is 4. The Morgan fingerprint density at radius 1 is 1.14 bits per heavy atom. The second-order valence-electron chi connectivity index (χ2n) is 10.2. The Balaban J connectivity index is 1.43. The van der Waals surface area contributed by atoms with Gasteiger partial charge in [0.25, 0.3) is 0 Å². The number of nitrogens with zero attached hydrogens (tertiary/aromatic N) is 6. The van der Waals surface area contributed by atoms with Gasteiger partial charge in [0.2, 0.25) is 5.95 Å². The Kier molecular flexibility index (Phi) is 5.96. The van der Waals surface area contributed by atoms with Crippen LogP contribution in [-0.4, -0.2) is 73.7 Å². The van der Waals surface area contributed by atoms with Crippen LogP contribution < -0.4 is 15.1 Å². The predicted molar refractivity (Wildman–Crippen MR) is 134 cm³/mol. The van der Waals surface area contributed by atoms with Crippen molar-refractivity contribution in [3.63, 3.8) is 0 Å². The van der Waals surface area contributed by atoms with Gasteiger partial charge in [0.15, 0.2) is 0 Å². The zero-order chi connectivity index (χ0) is 24.9. The van der Waals surface area contributed by atoms with Crippen molar-refractivity contribution in [3.05, 3.63) is 36.3 Å². The summed E-state index contributed by atoms with van der Waals surface area (Å²) in [5, 5.41) is 25.4. The van der Waals surface area contributed by atoms with E-state index in [0.29, 0.717) is 37.1 Å². The summed E-state index contributed by atoms with van der Waals surface area (Å²) in [6.07, 6.45) is 3.94. The van der Waals surface area contributed by atoms with Gasteiger partial charge in [-0.1, -0.05) is 13.8 Å². The summed E-state index contributed by atoms with van der Waals surface area (Å²) in [5.41, 5.74) is -0.213. The van der Waals surface area contributed by atoms with Gasteiger partial charge in [-0.3, -0.25) is 0 Å². The third-order valence-electron chi connectivity index (χ3n) is 7.23. The number of aromatic nitrogens is 4. The summed E-state index contributed by atoms with van der Waals surface area (Å²) in [6.45, 7) is 8.84. The lowest BCUT2D eigenvalue weighted by Gasteiger charge is -2.44. The summed E-state index contributed by atoms with van der Waals surface area (Å²) >= 11 is 0. The van der Waals surface area contributed by atoms with Crippen molar-refractivity contribution in [1.29, 1.82) is 0 Å². The SMILES string of the molecule is CC(C)c1cnc(N2C[C@H](O)[C@H]2C)c2cnc(Nc3ccnc(N4CCC(C)(O)C(F)C4)n3)cc12. The number of aliphatic hydroxyl groups excluding tert-OH is 1. The van der Waals surface area contributed by atoms with Crippen LogP contribution in [-0.2, 0) is 0 Å². The minimum atomic E-state index is -1.37. The lowest BCUT2D eigenvalue weighted by atomic mass is 9.92. The van der Waals surface area contributed by atoms with Gasteiger partial charge in [-0.05, 0) is 49.3 Å². The molecular formula is C25H32FN7O2. The first kappa shape index (κ1) is 23.6. The van der Waals surface area contributed by atoms with Gasteiger partial charge in [-0.25, -0.2) is 19.3 Å². The van der Waals surface area contributed by atoms with Crippen molar-refractivity contribution >= 4 is 34.2 Å². The van der Waals surface area contributed by atoms with Gasteiger partial charge in [0.1, 0.15) is 23.6 Å². The normalized spacial score (nSPS) is 26.8. The van der Waals surface area contributed by atoms with Gasteiger partial charge in [-0.2, -0.15) is 4.98 Å². The number of aliphatic hydroxyl groups is 2. The zero-order valence-electron chi connectivity index (χ0n) is 20.5. The molecule has 5 heterocycles. The Morgan fingerprint density at radius 3 is 2.63 bits per heavy atom. The van der Waals surface area contributed by atoms with Crippen LogP contribution in [0.5, 0.6) is 0 Å². The Morgan fingerprint density at radius 2 is 1.94 bits per heavy atom. The number of nitrogens with one attached hydrogen (secondary N) is 1. The van der Waals surface area contributed by atoms with E-state index >= 15 is 0 Å². The van der Waals surface area contributed by atoms with Crippen LogP contribution in [0.25, 0.3) is 10.8 Å². The summed E-state index contributed by atoms with van der Waals surface area (Å²) in [6, 6.07) is 3.75. The van der Waals surface area contributed by atoms with E-state index in [9.17, 15) is 14.6 Å². The van der Waals surface area contributed by atoms with Crippen LogP contribution in [0.3, 0.4) is 0 Å². The molecule has 0 aliphatic carbocycles. The van der Waals surface area contributed by atoms with Gasteiger partial charge in [-0.15, -0.1) is 0 Å². The predicted octanol–water partition coefficient (Wildman–Crippen LogP) is 3.16. The molecule has 0 bridgehead atoms. The summed E-state index contributed by atoms with van der Waals surface area (Å²) in [5.74, 6) is 2.68. The number of hydrogen-bond donors (Lipinski definition) is 3. The van der Waals surface area contributed by atoms with E-state index in [0.717, 1.165) is 22.2 Å². The Labute approximate surface area is 204 Å². The maximum atomic E-state index is 14.4. The number of hydrogen-bond acceptors (Lipinski definition) is 9. The van der Waals surface area contributed by atoms with Gasteiger partial charge >= 0.3 is 0 Å². The average molecular weight is 482 g/mol. The van der Waals surface area contributed by atoms with E-state index in [1.54, 1.807) is 17.2 Å². The molecule has 0 radical (unpaired) electrons. The molecule has 2 fully saturated rings. The van der Waals surface area contributed by atoms with Crippen LogP contribution in [0, 0.1) is 0 Å². The molecule has 0 amide bonds. The largest absolute Gasteiger partial charge is 0.389 e. The molecular weight excluding hydrogens is 449 g/mol. The molecule has 186 valence electrons. The molecule has 0 aromatic carbocycles. The summed E-state index contributed by atoms with van der Waals surface area (Å²) < 4.78 is 14.4. The number of β-amino-alcohol motifs (C(OH)–C–C–N with tert-alkyl or cyclic N) is 1. The molecule has 3 N–H and O–H groups in total. The topological polar surface area (TPSA) is 111 Å². The fourth-order valence-electron chi connectivity index (χ4n) is 4.65. The van der Waals surface area contributed by atoms with E-state index in [1.807, 2.05) is 25.4 Å². The van der Waals surface area contributed by atoms with Crippen LogP contribution in [0.15, 0.2) is 30.7 Å². The maximum absolute atomic E-state index is 14.4. The first-order valence-electron chi connectivity index (χ1n) is 12.1. The number of piperidine rings is 1. The van der Waals surface area contributed by atoms with Gasteiger partial charge in [0.05, 0.1) is 24.3 Å². The van der Waals surface area contributed by atoms with Gasteiger partial charge < -0.3 is 25.3 Å². The maximum Gasteiger partial charge on any atom is 0.227 e. The monoisotopic (exact) mass is 481 g/mol. The highest BCUT2D eigenvalue weighted by Gasteiger charge is 2.39. The smallest absolute Gasteiger partial charge is 0.227 e. The molecule has 2 aliphatic rings. The lowest BCUT2D eigenvalue weighted by Crippen LogP contribution is -2.59. The fraction of sp³-hybridized carbons (Fsp3) is 0.520. The lowest BCUT2D eigenvalue weighted by molar-refractivity contribution is -0.0332. The molecule has 4 atom stereocenters. The highest BCUT2D eigenvalue weighted by atomic mass is 19.1. The van der Waals surface area contributed by atoms with E-state index in [1.165, 1.54) is 6.92 Å². The van der Waals surface area contributed by atoms with Crippen molar-refractivity contribution in [1.82, 2.24) is 19.9 Å². The molecule has 5 rings (SSSR count). The molecule has 2 aliphatic heterocycles. The molecule has 3 aromatic rings. The van der Waals surface area contributed by atoms with Crippen LogP contribution in [0.1, 0.15) is 45.6 Å². The number of fused-ring (bicyclic) bond motifs is 1. The van der Waals surface area contributed by atoms with Crippen molar-refractivity contribution < 1.29 is 14.6 Å². The van der Waals surface area contributed by atoms with Crippen molar-refractivity contribution in [2.75, 3.05) is 34.8 Å². The second-order valence-corrected chi connectivity index (χ2v) is 10.2. The van der Waals surface area contributed by atoms with Crippen LogP contribution in [0.4, 0.5) is 27.8 Å². The van der Waals surface area contributed by atoms with E-state index < -0.39 is 11.8 Å². The number of rotatable bonds is 5. The van der Waals surface area contributed by atoms with Crippen molar-refractivity contribution in [2.45, 2.75) is 64.0 Å². The van der Waals surface area contributed by atoms with Crippen molar-refractivity contribution in [3.8, 4) is 0 Å². The molecule has 0 spiro atoms. The zero-order valence-corrected chi connectivity index (χ0v) is 20.5. The second kappa shape index (κ2) is 8.83. The van der Waals surface area contributed by atoms with E-state index in [4.69, 9.17) is 4.98 Å². The summed E-state index contributed by atoms with van der Waals surface area (Å²) in [4.78, 5) is 22.0. The first-order chi connectivity index (χ1) is 16.6. The fourth-order valence-corrected chi connectivity index (χ4v) is 4.65. The molecule has 0 saturated carbocycles. The highest BCUT2D eigenvalue weighted by molar-refractivity contribution is 5.96. The average Bonchev–Trinajstić information content (AvgIpc) is 2.83. The molecule has 9 nitrogen and oxygen atoms in total. The van der Waals surface area contributed by atoms with Crippen LogP contribution in [0.2, 0.25) is 0 Å². The molecule has 2 unspecified atom stereocenters. The number of pyridine rings is 2. The minimum absolute atomic E-state index is 0.00949. The number of halogens is 1. The molecule has 10 heteroatoms. The number of alkyl halides is 1. The molecule has 2 saturated heterocycles. The standard InChI is InChI=1S/C25H32FN7O2/c1-14(2)17-10-29-23(33-12-19(34)15(33)3)18-11-28-22(9-16(17)18)30-21-5-7-27-24(31-21)32-8-6-25(4,35)20(26)13-32/h5,7,9-11,14-15,19-20,34-35H,6,8,12-13H2,1-4H3,(H,27,28,30,31)/t15-,19+,20?,25?/m1/s1. The van der Waals surface area contributed by atoms with Gasteiger partial charge in [0, 0.05) is 37.1 Å². The molecule has 35 heavy (non-hydrogen) atoms. The van der Waals surface area contributed by atoms with E-state index in [-0.39, 0.29) is 24.6 Å². The van der Waals surface area contributed by atoms with Crippen molar-refractivity contribution in [2.24, 2.45) is 0 Å². The quantitative estimate of drug-likeness (QED) is 0.506.